The second-order valence-electron chi connectivity index (χ2n) is 4.84. The average molecular weight is 354 g/mol. The number of anilines is 1. The Labute approximate surface area is 128 Å². The van der Waals surface area contributed by atoms with Gasteiger partial charge in [0.05, 0.1) is 4.90 Å². The molecule has 0 aromatic heterocycles. The normalized spacial score (nSPS) is 11.6. The quantitative estimate of drug-likeness (QED) is 0.886. The first-order chi connectivity index (χ1) is 9.38. The highest BCUT2D eigenvalue weighted by Gasteiger charge is 2.14. The van der Waals surface area contributed by atoms with Gasteiger partial charge in [0.25, 0.3) is 10.0 Å². The Kier molecular flexibility index (Phi) is 4.50. The van der Waals surface area contributed by atoms with Crippen molar-refractivity contribution in [3.05, 3.63) is 58.6 Å². The standard InChI is InChI=1S/C15H16BrNO2S/c1-11(2)12-4-3-5-14(10-12)17-20(18,19)15-8-6-13(16)7-9-15/h3-11,17H,1-2H3. The lowest BCUT2D eigenvalue weighted by Gasteiger charge is -2.11. The molecule has 0 saturated heterocycles. The second-order valence-corrected chi connectivity index (χ2v) is 7.44. The van der Waals surface area contributed by atoms with Gasteiger partial charge in [-0.05, 0) is 47.9 Å². The number of benzene rings is 2. The van der Waals surface area contributed by atoms with Crippen LogP contribution in [0.25, 0.3) is 0 Å². The van der Waals surface area contributed by atoms with Gasteiger partial charge in [-0.15, -0.1) is 0 Å². The molecule has 0 aliphatic carbocycles. The van der Waals surface area contributed by atoms with E-state index in [0.29, 0.717) is 11.6 Å². The Bertz CT molecular complexity index is 694. The monoisotopic (exact) mass is 353 g/mol. The maximum atomic E-state index is 12.3. The van der Waals surface area contributed by atoms with Crippen molar-refractivity contribution in [3.63, 3.8) is 0 Å². The third-order valence-electron chi connectivity index (χ3n) is 2.93. The van der Waals surface area contributed by atoms with Crippen LogP contribution in [0.1, 0.15) is 25.3 Å². The number of halogens is 1. The molecule has 0 bridgehead atoms. The fourth-order valence-corrected chi connectivity index (χ4v) is 3.10. The molecule has 0 atom stereocenters. The summed E-state index contributed by atoms with van der Waals surface area (Å²) in [5, 5.41) is 0. The Morgan fingerprint density at radius 1 is 1.05 bits per heavy atom. The predicted molar refractivity (Wildman–Crippen MR) is 85.5 cm³/mol. The highest BCUT2D eigenvalue weighted by Crippen LogP contribution is 2.22. The minimum absolute atomic E-state index is 0.246. The summed E-state index contributed by atoms with van der Waals surface area (Å²) in [6, 6.07) is 14.0. The molecule has 3 nitrogen and oxygen atoms in total. The summed E-state index contributed by atoms with van der Waals surface area (Å²) in [5.74, 6) is 0.354. The fraction of sp³-hybridized carbons (Fsp3) is 0.200. The topological polar surface area (TPSA) is 46.2 Å². The van der Waals surface area contributed by atoms with E-state index < -0.39 is 10.0 Å². The minimum Gasteiger partial charge on any atom is -0.280 e. The van der Waals surface area contributed by atoms with E-state index in [0.717, 1.165) is 10.0 Å². The molecule has 0 heterocycles. The van der Waals surface area contributed by atoms with E-state index in [1.165, 1.54) is 0 Å². The molecular formula is C15H16BrNO2S. The highest BCUT2D eigenvalue weighted by atomic mass is 79.9. The van der Waals surface area contributed by atoms with Gasteiger partial charge in [0, 0.05) is 10.2 Å². The van der Waals surface area contributed by atoms with Crippen LogP contribution in [0, 0.1) is 0 Å². The van der Waals surface area contributed by atoms with E-state index in [2.05, 4.69) is 34.5 Å². The van der Waals surface area contributed by atoms with Crippen LogP contribution in [0.5, 0.6) is 0 Å². The lowest BCUT2D eigenvalue weighted by atomic mass is 10.0. The van der Waals surface area contributed by atoms with Crippen molar-refractivity contribution in [1.82, 2.24) is 0 Å². The van der Waals surface area contributed by atoms with Crippen molar-refractivity contribution in [2.75, 3.05) is 4.72 Å². The number of rotatable bonds is 4. The summed E-state index contributed by atoms with van der Waals surface area (Å²) < 4.78 is 28.0. The Balaban J connectivity index is 2.28. The van der Waals surface area contributed by atoms with E-state index in [9.17, 15) is 8.42 Å². The first-order valence-electron chi connectivity index (χ1n) is 6.27. The first kappa shape index (κ1) is 15.1. The molecule has 2 rings (SSSR count). The van der Waals surface area contributed by atoms with Gasteiger partial charge in [0.2, 0.25) is 0 Å². The molecule has 0 amide bonds. The third kappa shape index (κ3) is 3.61. The Morgan fingerprint density at radius 2 is 1.70 bits per heavy atom. The SMILES string of the molecule is CC(C)c1cccc(NS(=O)(=O)c2ccc(Br)cc2)c1. The molecule has 106 valence electrons. The van der Waals surface area contributed by atoms with Crippen LogP contribution in [0.2, 0.25) is 0 Å². The second kappa shape index (κ2) is 5.97. The zero-order chi connectivity index (χ0) is 14.8. The van der Waals surface area contributed by atoms with Gasteiger partial charge in [0.15, 0.2) is 0 Å². The molecule has 5 heteroatoms. The van der Waals surface area contributed by atoms with Crippen LogP contribution >= 0.6 is 15.9 Å². The maximum Gasteiger partial charge on any atom is 0.261 e. The molecule has 1 N–H and O–H groups in total. The van der Waals surface area contributed by atoms with Crippen LogP contribution in [0.3, 0.4) is 0 Å². The minimum atomic E-state index is -3.54. The molecule has 2 aromatic carbocycles. The van der Waals surface area contributed by atoms with Crippen LogP contribution in [0.15, 0.2) is 57.9 Å². The van der Waals surface area contributed by atoms with Crippen LogP contribution in [-0.2, 0) is 10.0 Å². The van der Waals surface area contributed by atoms with Gasteiger partial charge in [0.1, 0.15) is 0 Å². The lowest BCUT2D eigenvalue weighted by Crippen LogP contribution is -2.13. The van der Waals surface area contributed by atoms with Gasteiger partial charge < -0.3 is 0 Å². The van der Waals surface area contributed by atoms with Crippen molar-refractivity contribution < 1.29 is 8.42 Å². The molecule has 2 aromatic rings. The predicted octanol–water partition coefficient (Wildman–Crippen LogP) is 4.37. The van der Waals surface area contributed by atoms with Crippen molar-refractivity contribution in [2.24, 2.45) is 0 Å². The average Bonchev–Trinajstić information content (AvgIpc) is 2.39. The summed E-state index contributed by atoms with van der Waals surface area (Å²) in [5.41, 5.74) is 1.68. The summed E-state index contributed by atoms with van der Waals surface area (Å²) in [6.07, 6.45) is 0. The molecular weight excluding hydrogens is 338 g/mol. The maximum absolute atomic E-state index is 12.3. The number of hydrogen-bond donors (Lipinski definition) is 1. The summed E-state index contributed by atoms with van der Waals surface area (Å²) >= 11 is 3.29. The zero-order valence-electron chi connectivity index (χ0n) is 11.3. The molecule has 0 aliphatic heterocycles. The van der Waals surface area contributed by atoms with Crippen LogP contribution in [-0.4, -0.2) is 8.42 Å². The highest BCUT2D eigenvalue weighted by molar-refractivity contribution is 9.10. The molecule has 0 aliphatic rings. The Hall–Kier alpha value is -1.33. The first-order valence-corrected chi connectivity index (χ1v) is 8.54. The van der Waals surface area contributed by atoms with Gasteiger partial charge in [-0.3, -0.25) is 4.72 Å². The summed E-state index contributed by atoms with van der Waals surface area (Å²) in [6.45, 7) is 4.14. The number of nitrogens with one attached hydrogen (secondary N) is 1. The third-order valence-corrected chi connectivity index (χ3v) is 4.86. The lowest BCUT2D eigenvalue weighted by molar-refractivity contribution is 0.601. The Morgan fingerprint density at radius 3 is 2.30 bits per heavy atom. The summed E-state index contributed by atoms with van der Waals surface area (Å²) in [7, 11) is -3.54. The van der Waals surface area contributed by atoms with Crippen molar-refractivity contribution in [1.29, 1.82) is 0 Å². The van der Waals surface area contributed by atoms with E-state index >= 15 is 0 Å². The molecule has 0 spiro atoms. The van der Waals surface area contributed by atoms with Gasteiger partial charge in [-0.25, -0.2) is 8.42 Å². The molecule has 0 radical (unpaired) electrons. The van der Waals surface area contributed by atoms with Crippen molar-refractivity contribution in [3.8, 4) is 0 Å². The van der Waals surface area contributed by atoms with Crippen molar-refractivity contribution >= 4 is 31.6 Å². The van der Waals surface area contributed by atoms with E-state index in [-0.39, 0.29) is 4.90 Å². The van der Waals surface area contributed by atoms with E-state index in [1.54, 1.807) is 30.3 Å². The van der Waals surface area contributed by atoms with E-state index in [1.807, 2.05) is 18.2 Å². The zero-order valence-corrected chi connectivity index (χ0v) is 13.7. The van der Waals surface area contributed by atoms with Crippen LogP contribution < -0.4 is 4.72 Å². The number of sulfonamides is 1. The fourth-order valence-electron chi connectivity index (χ4n) is 1.79. The molecule has 20 heavy (non-hydrogen) atoms. The molecule has 0 unspecified atom stereocenters. The van der Waals surface area contributed by atoms with Crippen molar-refractivity contribution in [2.45, 2.75) is 24.7 Å². The van der Waals surface area contributed by atoms with Gasteiger partial charge >= 0.3 is 0 Å². The molecule has 0 fully saturated rings. The van der Waals surface area contributed by atoms with E-state index in [4.69, 9.17) is 0 Å². The largest absolute Gasteiger partial charge is 0.280 e. The molecule has 0 saturated carbocycles. The van der Waals surface area contributed by atoms with Gasteiger partial charge in [-0.1, -0.05) is 41.9 Å². The summed E-state index contributed by atoms with van der Waals surface area (Å²) in [4.78, 5) is 0.246. The smallest absolute Gasteiger partial charge is 0.261 e. The number of hydrogen-bond acceptors (Lipinski definition) is 2. The van der Waals surface area contributed by atoms with Gasteiger partial charge in [-0.2, -0.15) is 0 Å². The van der Waals surface area contributed by atoms with Crippen LogP contribution in [0.4, 0.5) is 5.69 Å².